The number of carboxylic acids is 1. The number of carboxylic acid groups (broad SMARTS) is 1. The maximum atomic E-state index is 12.2. The van der Waals surface area contributed by atoms with Crippen molar-refractivity contribution in [2.45, 2.75) is 39.2 Å². The van der Waals surface area contributed by atoms with Crippen LogP contribution in [0.4, 0.5) is 0 Å². The fourth-order valence-corrected chi connectivity index (χ4v) is 4.25. The van der Waals surface area contributed by atoms with Crippen molar-refractivity contribution >= 4 is 24.3 Å². The highest BCUT2D eigenvalue weighted by Crippen LogP contribution is 2.48. The topological polar surface area (TPSA) is 78.9 Å². The van der Waals surface area contributed by atoms with Gasteiger partial charge in [-0.3, -0.25) is 14.5 Å². The Kier molecular flexibility index (Phi) is 7.50. The first-order chi connectivity index (χ1) is 12.5. The second kappa shape index (κ2) is 9.42. The number of carbonyl (C=O) groups excluding carboxylic acids is 1. The normalized spacial score (nSPS) is 24.1. The lowest BCUT2D eigenvalue weighted by Crippen LogP contribution is -2.39. The quantitative estimate of drug-likeness (QED) is 0.706. The summed E-state index contributed by atoms with van der Waals surface area (Å²) in [6.07, 6.45) is 3.64. The van der Waals surface area contributed by atoms with Crippen molar-refractivity contribution in [1.82, 2.24) is 10.2 Å². The molecular formula is C20H29ClN2O4. The van der Waals surface area contributed by atoms with Gasteiger partial charge in [-0.15, -0.1) is 12.4 Å². The number of hydrogen-bond donors (Lipinski definition) is 2. The third kappa shape index (κ3) is 4.93. The number of nitrogens with one attached hydrogen (secondary N) is 1. The Morgan fingerprint density at radius 2 is 2.07 bits per heavy atom. The van der Waals surface area contributed by atoms with Crippen LogP contribution in [0.2, 0.25) is 0 Å². The number of benzene rings is 1. The number of fused-ring (bicyclic) bond motifs is 1. The molecular weight excluding hydrogens is 368 g/mol. The zero-order valence-electron chi connectivity index (χ0n) is 15.8. The van der Waals surface area contributed by atoms with Crippen LogP contribution in [-0.2, 0) is 16.1 Å². The molecule has 1 aromatic carbocycles. The molecule has 27 heavy (non-hydrogen) atoms. The third-order valence-electron chi connectivity index (χ3n) is 5.62. The number of nitrogens with zero attached hydrogens (tertiary/aromatic N) is 1. The van der Waals surface area contributed by atoms with Crippen LogP contribution in [0.5, 0.6) is 5.75 Å². The number of hydrogen-bond acceptors (Lipinski definition) is 4. The van der Waals surface area contributed by atoms with E-state index < -0.39 is 11.4 Å². The highest BCUT2D eigenvalue weighted by Gasteiger charge is 2.54. The Morgan fingerprint density at radius 3 is 2.70 bits per heavy atom. The molecule has 1 saturated heterocycles. The summed E-state index contributed by atoms with van der Waals surface area (Å²) in [7, 11) is 0. The fourth-order valence-electron chi connectivity index (χ4n) is 4.25. The summed E-state index contributed by atoms with van der Waals surface area (Å²) in [5, 5.41) is 12.5. The number of carbonyl (C=O) groups is 2. The van der Waals surface area contributed by atoms with Gasteiger partial charge < -0.3 is 15.2 Å². The minimum absolute atomic E-state index is 0. The molecule has 1 saturated carbocycles. The molecule has 2 atom stereocenters. The standard InChI is InChI=1S/C20H28N2O4.ClH/c1-2-10-26-17-7-5-15(6-8-17)11-21-18(23)13-22-12-16-4-3-9-20(16,14-22)19(24)25;/h5-8,16H,2-4,9-14H2,1H3,(H,21,23)(H,24,25);1H/t16-,20+;/m0./s1. The van der Waals surface area contributed by atoms with E-state index in [1.165, 1.54) is 0 Å². The Labute approximate surface area is 166 Å². The van der Waals surface area contributed by atoms with Gasteiger partial charge in [-0.1, -0.05) is 25.5 Å². The van der Waals surface area contributed by atoms with E-state index >= 15 is 0 Å². The van der Waals surface area contributed by atoms with Crippen LogP contribution in [-0.4, -0.2) is 48.1 Å². The first kappa shape index (κ1) is 21.5. The van der Waals surface area contributed by atoms with Gasteiger partial charge in [-0.05, 0) is 42.9 Å². The summed E-state index contributed by atoms with van der Waals surface area (Å²) in [5.41, 5.74) is 0.386. The van der Waals surface area contributed by atoms with Gasteiger partial charge in [0.2, 0.25) is 5.91 Å². The van der Waals surface area contributed by atoms with Gasteiger partial charge in [-0.25, -0.2) is 0 Å². The van der Waals surface area contributed by atoms with Crippen molar-refractivity contribution < 1.29 is 19.4 Å². The van der Waals surface area contributed by atoms with E-state index in [2.05, 4.69) is 12.2 Å². The summed E-state index contributed by atoms with van der Waals surface area (Å²) < 4.78 is 5.55. The van der Waals surface area contributed by atoms with Gasteiger partial charge in [0, 0.05) is 19.6 Å². The molecule has 0 unspecified atom stereocenters. The van der Waals surface area contributed by atoms with Crippen molar-refractivity contribution in [3.05, 3.63) is 29.8 Å². The first-order valence-corrected chi connectivity index (χ1v) is 9.47. The van der Waals surface area contributed by atoms with E-state index in [1.54, 1.807) is 0 Å². The second-order valence-corrected chi connectivity index (χ2v) is 7.49. The fraction of sp³-hybridized carbons (Fsp3) is 0.600. The highest BCUT2D eigenvalue weighted by molar-refractivity contribution is 5.85. The maximum Gasteiger partial charge on any atom is 0.311 e. The van der Waals surface area contributed by atoms with E-state index in [1.807, 2.05) is 29.2 Å². The molecule has 1 amide bonds. The molecule has 150 valence electrons. The van der Waals surface area contributed by atoms with Gasteiger partial charge in [0.05, 0.1) is 18.6 Å². The molecule has 0 spiro atoms. The van der Waals surface area contributed by atoms with E-state index in [0.717, 1.165) is 37.0 Å². The SMILES string of the molecule is CCCOc1ccc(CNC(=O)CN2C[C@@H]3CCC[C@@]3(C(=O)O)C2)cc1.Cl. The summed E-state index contributed by atoms with van der Waals surface area (Å²) in [6, 6.07) is 7.72. The number of aliphatic carboxylic acids is 1. The van der Waals surface area contributed by atoms with Crippen LogP contribution < -0.4 is 10.1 Å². The minimum Gasteiger partial charge on any atom is -0.494 e. The largest absolute Gasteiger partial charge is 0.494 e. The number of rotatable bonds is 8. The molecule has 0 aromatic heterocycles. The number of ether oxygens (including phenoxy) is 1. The Bertz CT molecular complexity index is 652. The van der Waals surface area contributed by atoms with Crippen LogP contribution in [0.15, 0.2) is 24.3 Å². The number of amides is 1. The summed E-state index contributed by atoms with van der Waals surface area (Å²) >= 11 is 0. The van der Waals surface area contributed by atoms with E-state index in [9.17, 15) is 14.7 Å². The lowest BCUT2D eigenvalue weighted by molar-refractivity contribution is -0.149. The Hall–Kier alpha value is -1.79. The van der Waals surface area contributed by atoms with Crippen LogP contribution in [0.1, 0.15) is 38.2 Å². The predicted molar refractivity (Wildman–Crippen MR) is 105 cm³/mol. The van der Waals surface area contributed by atoms with Crippen LogP contribution >= 0.6 is 12.4 Å². The molecule has 3 rings (SSSR count). The lowest BCUT2D eigenvalue weighted by atomic mass is 9.81. The van der Waals surface area contributed by atoms with Gasteiger partial charge in [0.1, 0.15) is 5.75 Å². The molecule has 1 heterocycles. The van der Waals surface area contributed by atoms with Crippen LogP contribution in [0.3, 0.4) is 0 Å². The van der Waals surface area contributed by atoms with Gasteiger partial charge in [0.25, 0.3) is 0 Å². The number of likely N-dealkylation sites (tertiary alicyclic amines) is 1. The average molecular weight is 397 g/mol. The maximum absolute atomic E-state index is 12.2. The number of halogens is 1. The summed E-state index contributed by atoms with van der Waals surface area (Å²) in [4.78, 5) is 25.9. The molecule has 0 radical (unpaired) electrons. The van der Waals surface area contributed by atoms with Crippen molar-refractivity contribution in [3.63, 3.8) is 0 Å². The zero-order chi connectivity index (χ0) is 18.6. The van der Waals surface area contributed by atoms with Gasteiger partial charge in [-0.2, -0.15) is 0 Å². The summed E-state index contributed by atoms with van der Waals surface area (Å²) in [6.45, 7) is 4.70. The second-order valence-electron chi connectivity index (χ2n) is 7.49. The lowest BCUT2D eigenvalue weighted by Gasteiger charge is -2.23. The average Bonchev–Trinajstić information content (AvgIpc) is 3.17. The molecule has 1 aliphatic heterocycles. The highest BCUT2D eigenvalue weighted by atomic mass is 35.5. The zero-order valence-corrected chi connectivity index (χ0v) is 16.6. The molecule has 2 aliphatic rings. The molecule has 0 bridgehead atoms. The summed E-state index contributed by atoms with van der Waals surface area (Å²) in [5.74, 6) is 0.262. The van der Waals surface area contributed by atoms with Crippen molar-refractivity contribution in [1.29, 1.82) is 0 Å². The molecule has 6 nitrogen and oxygen atoms in total. The molecule has 1 aromatic rings. The molecule has 2 fully saturated rings. The Balaban J connectivity index is 0.00000261. The van der Waals surface area contributed by atoms with Gasteiger partial charge >= 0.3 is 5.97 Å². The van der Waals surface area contributed by atoms with E-state index in [-0.39, 0.29) is 30.8 Å². The van der Waals surface area contributed by atoms with E-state index in [4.69, 9.17) is 4.74 Å². The van der Waals surface area contributed by atoms with Crippen molar-refractivity contribution in [2.75, 3.05) is 26.2 Å². The first-order valence-electron chi connectivity index (χ1n) is 9.47. The van der Waals surface area contributed by atoms with Crippen molar-refractivity contribution in [3.8, 4) is 5.75 Å². The predicted octanol–water partition coefficient (Wildman–Crippen LogP) is 2.70. The third-order valence-corrected chi connectivity index (χ3v) is 5.62. The smallest absolute Gasteiger partial charge is 0.311 e. The molecule has 1 aliphatic carbocycles. The minimum atomic E-state index is -0.701. The van der Waals surface area contributed by atoms with Gasteiger partial charge in [0.15, 0.2) is 0 Å². The Morgan fingerprint density at radius 1 is 1.33 bits per heavy atom. The van der Waals surface area contributed by atoms with Crippen molar-refractivity contribution in [2.24, 2.45) is 11.3 Å². The van der Waals surface area contributed by atoms with Crippen LogP contribution in [0.25, 0.3) is 0 Å². The molecule has 7 heteroatoms. The van der Waals surface area contributed by atoms with Crippen LogP contribution in [0, 0.1) is 11.3 Å². The van der Waals surface area contributed by atoms with E-state index in [0.29, 0.717) is 26.2 Å². The molecule has 2 N–H and O–H groups in total. The monoisotopic (exact) mass is 396 g/mol.